The lowest BCUT2D eigenvalue weighted by atomic mass is 10.1. The van der Waals surface area contributed by atoms with Crippen molar-refractivity contribution in [1.82, 2.24) is 4.90 Å². The lowest BCUT2D eigenvalue weighted by molar-refractivity contribution is -0.159. The number of rotatable bonds is 7. The van der Waals surface area contributed by atoms with Gasteiger partial charge in [-0.25, -0.2) is 4.79 Å². The average molecular weight is 326 g/mol. The maximum absolute atomic E-state index is 12.2. The molecule has 0 bridgehead atoms. The van der Waals surface area contributed by atoms with Crippen molar-refractivity contribution in [2.24, 2.45) is 0 Å². The molecule has 22 heavy (non-hydrogen) atoms. The van der Waals surface area contributed by atoms with Crippen molar-refractivity contribution in [3.63, 3.8) is 0 Å². The Kier molecular flexibility index (Phi) is 7.60. The highest BCUT2D eigenvalue weighted by atomic mass is 35.5. The molecule has 1 aromatic carbocycles. The number of halogens is 1. The minimum atomic E-state index is -0.928. The number of nitrogens with zero attached hydrogens (tertiary/aromatic N) is 1. The zero-order valence-electron chi connectivity index (χ0n) is 12.8. The van der Waals surface area contributed by atoms with Gasteiger partial charge in [-0.2, -0.15) is 0 Å². The molecule has 6 heteroatoms. The van der Waals surface area contributed by atoms with Crippen LogP contribution in [-0.2, 0) is 14.3 Å². The number of ketones is 1. The van der Waals surface area contributed by atoms with Crippen LogP contribution in [0.4, 0.5) is 0 Å². The Balaban J connectivity index is 2.79. The van der Waals surface area contributed by atoms with Gasteiger partial charge in [-0.3, -0.25) is 9.59 Å². The van der Waals surface area contributed by atoms with E-state index in [4.69, 9.17) is 16.3 Å². The minimum Gasteiger partial charge on any atom is -0.459 e. The van der Waals surface area contributed by atoms with Gasteiger partial charge in [0.2, 0.25) is 0 Å². The molecule has 0 N–H and O–H groups in total. The SMILES string of the molecule is CCCCN(CC(=O)c1ccc(Cl)cc1)C(=O)C(=O)OCC. The van der Waals surface area contributed by atoms with Crippen LogP contribution >= 0.6 is 11.6 Å². The normalized spacial score (nSPS) is 10.1. The van der Waals surface area contributed by atoms with Gasteiger partial charge in [-0.1, -0.05) is 24.9 Å². The topological polar surface area (TPSA) is 63.7 Å². The van der Waals surface area contributed by atoms with Crippen LogP contribution in [0, 0.1) is 0 Å². The van der Waals surface area contributed by atoms with Gasteiger partial charge < -0.3 is 9.64 Å². The number of carbonyl (C=O) groups is 3. The Morgan fingerprint density at radius 3 is 2.32 bits per heavy atom. The molecule has 0 radical (unpaired) electrons. The van der Waals surface area contributed by atoms with E-state index >= 15 is 0 Å². The summed E-state index contributed by atoms with van der Waals surface area (Å²) in [4.78, 5) is 37.1. The second-order valence-electron chi connectivity index (χ2n) is 4.73. The molecule has 120 valence electrons. The summed E-state index contributed by atoms with van der Waals surface area (Å²) in [5.74, 6) is -1.95. The highest BCUT2D eigenvalue weighted by Crippen LogP contribution is 2.11. The summed E-state index contributed by atoms with van der Waals surface area (Å²) in [7, 11) is 0. The van der Waals surface area contributed by atoms with Crippen LogP contribution in [0.2, 0.25) is 5.02 Å². The van der Waals surface area contributed by atoms with E-state index in [1.165, 1.54) is 4.90 Å². The van der Waals surface area contributed by atoms with Crippen LogP contribution in [-0.4, -0.2) is 42.3 Å². The Hall–Kier alpha value is -1.88. The Labute approximate surface area is 135 Å². The zero-order valence-corrected chi connectivity index (χ0v) is 13.6. The summed E-state index contributed by atoms with van der Waals surface area (Å²) >= 11 is 5.78. The van der Waals surface area contributed by atoms with Crippen molar-refractivity contribution in [3.05, 3.63) is 34.9 Å². The maximum atomic E-state index is 12.2. The van der Waals surface area contributed by atoms with Gasteiger partial charge in [0.1, 0.15) is 0 Å². The molecule has 0 aliphatic rings. The average Bonchev–Trinajstić information content (AvgIpc) is 2.51. The van der Waals surface area contributed by atoms with Crippen molar-refractivity contribution < 1.29 is 19.1 Å². The summed E-state index contributed by atoms with van der Waals surface area (Å²) < 4.78 is 4.71. The van der Waals surface area contributed by atoms with Gasteiger partial charge in [-0.05, 0) is 37.6 Å². The first kappa shape index (κ1) is 18.2. The third-order valence-corrected chi connectivity index (χ3v) is 3.27. The molecule has 0 saturated carbocycles. The van der Waals surface area contributed by atoms with Crippen LogP contribution in [0.5, 0.6) is 0 Å². The van der Waals surface area contributed by atoms with E-state index in [0.717, 1.165) is 6.42 Å². The highest BCUT2D eigenvalue weighted by Gasteiger charge is 2.25. The summed E-state index contributed by atoms with van der Waals surface area (Å²) in [5, 5.41) is 0.530. The molecule has 1 aromatic rings. The van der Waals surface area contributed by atoms with E-state index in [2.05, 4.69) is 0 Å². The van der Waals surface area contributed by atoms with Gasteiger partial charge in [0.15, 0.2) is 5.78 Å². The van der Waals surface area contributed by atoms with Gasteiger partial charge in [0.25, 0.3) is 0 Å². The molecule has 1 rings (SSSR count). The molecular weight excluding hydrogens is 306 g/mol. The fourth-order valence-electron chi connectivity index (χ4n) is 1.82. The summed E-state index contributed by atoms with van der Waals surface area (Å²) in [6, 6.07) is 6.41. The lowest BCUT2D eigenvalue weighted by Crippen LogP contribution is -2.41. The molecule has 0 aliphatic heterocycles. The van der Waals surface area contributed by atoms with Crippen molar-refractivity contribution in [1.29, 1.82) is 0 Å². The van der Waals surface area contributed by atoms with Crippen molar-refractivity contribution in [3.8, 4) is 0 Å². The lowest BCUT2D eigenvalue weighted by Gasteiger charge is -2.20. The first-order valence-electron chi connectivity index (χ1n) is 7.24. The van der Waals surface area contributed by atoms with Crippen molar-refractivity contribution in [2.45, 2.75) is 26.7 Å². The third-order valence-electron chi connectivity index (χ3n) is 3.02. The van der Waals surface area contributed by atoms with E-state index in [0.29, 0.717) is 23.6 Å². The van der Waals surface area contributed by atoms with Crippen LogP contribution in [0.25, 0.3) is 0 Å². The van der Waals surface area contributed by atoms with Crippen molar-refractivity contribution >= 4 is 29.3 Å². The van der Waals surface area contributed by atoms with Gasteiger partial charge >= 0.3 is 11.9 Å². The van der Waals surface area contributed by atoms with E-state index in [1.54, 1.807) is 31.2 Å². The number of esters is 1. The molecular formula is C16H20ClNO4. The largest absolute Gasteiger partial charge is 0.459 e. The van der Waals surface area contributed by atoms with Crippen LogP contribution in [0.1, 0.15) is 37.0 Å². The van der Waals surface area contributed by atoms with Gasteiger partial charge in [0, 0.05) is 17.1 Å². The molecule has 0 unspecified atom stereocenters. The Morgan fingerprint density at radius 1 is 1.14 bits per heavy atom. The highest BCUT2D eigenvalue weighted by molar-refractivity contribution is 6.33. The maximum Gasteiger partial charge on any atom is 0.397 e. The monoisotopic (exact) mass is 325 g/mol. The summed E-state index contributed by atoms with van der Waals surface area (Å²) in [6.45, 7) is 3.90. The molecule has 0 aliphatic carbocycles. The Bertz CT molecular complexity index is 527. The van der Waals surface area contributed by atoms with Gasteiger partial charge in [0.05, 0.1) is 13.2 Å². The summed E-state index contributed by atoms with van der Waals surface area (Å²) in [5.41, 5.74) is 0.447. The number of Topliss-reactive ketones (excluding diaryl/α,β-unsaturated/α-hetero) is 1. The molecule has 0 saturated heterocycles. The molecule has 1 amide bonds. The number of carbonyl (C=O) groups excluding carboxylic acids is 3. The fraction of sp³-hybridized carbons (Fsp3) is 0.438. The van der Waals surface area contributed by atoms with E-state index < -0.39 is 11.9 Å². The first-order chi connectivity index (χ1) is 10.5. The molecule has 0 aromatic heterocycles. The molecule has 5 nitrogen and oxygen atoms in total. The zero-order chi connectivity index (χ0) is 16.5. The second kappa shape index (κ2) is 9.20. The number of ether oxygens (including phenoxy) is 1. The standard InChI is InChI=1S/C16H20ClNO4/c1-3-5-10-18(15(20)16(21)22-4-2)11-14(19)12-6-8-13(17)9-7-12/h6-9H,3-5,10-11H2,1-2H3. The predicted octanol–water partition coefficient (Wildman–Crippen LogP) is 2.71. The molecule has 0 heterocycles. The van der Waals surface area contributed by atoms with Crippen LogP contribution in [0.3, 0.4) is 0 Å². The molecule has 0 atom stereocenters. The predicted molar refractivity (Wildman–Crippen MR) is 83.9 cm³/mol. The van der Waals surface area contributed by atoms with E-state index in [9.17, 15) is 14.4 Å². The number of unbranched alkanes of at least 4 members (excludes halogenated alkanes) is 1. The van der Waals surface area contributed by atoms with Gasteiger partial charge in [-0.15, -0.1) is 0 Å². The van der Waals surface area contributed by atoms with Crippen LogP contribution < -0.4 is 0 Å². The fourth-order valence-corrected chi connectivity index (χ4v) is 1.95. The second-order valence-corrected chi connectivity index (χ2v) is 5.17. The Morgan fingerprint density at radius 2 is 1.77 bits per heavy atom. The van der Waals surface area contributed by atoms with E-state index in [1.807, 2.05) is 6.92 Å². The quantitative estimate of drug-likeness (QED) is 0.439. The van der Waals surface area contributed by atoms with Crippen LogP contribution in [0.15, 0.2) is 24.3 Å². The summed E-state index contributed by atoms with van der Waals surface area (Å²) in [6.07, 6.45) is 1.56. The molecule has 0 spiro atoms. The number of amides is 1. The molecule has 0 fully saturated rings. The third kappa shape index (κ3) is 5.48. The van der Waals surface area contributed by atoms with E-state index in [-0.39, 0.29) is 18.9 Å². The first-order valence-corrected chi connectivity index (χ1v) is 7.62. The van der Waals surface area contributed by atoms with Crippen molar-refractivity contribution in [2.75, 3.05) is 19.7 Å². The number of hydrogen-bond acceptors (Lipinski definition) is 4. The smallest absolute Gasteiger partial charge is 0.397 e. The number of hydrogen-bond donors (Lipinski definition) is 0. The number of benzene rings is 1. The minimum absolute atomic E-state index is 0.122.